The lowest BCUT2D eigenvalue weighted by atomic mass is 9.82. The first kappa shape index (κ1) is 10.9. The summed E-state index contributed by atoms with van der Waals surface area (Å²) in [5, 5.41) is 3.33. The van der Waals surface area contributed by atoms with E-state index < -0.39 is 5.54 Å². The monoisotopic (exact) mass is 213 g/mol. The first-order valence-corrected chi connectivity index (χ1v) is 5.74. The van der Waals surface area contributed by atoms with Gasteiger partial charge in [0, 0.05) is 6.61 Å². The summed E-state index contributed by atoms with van der Waals surface area (Å²) in [6.45, 7) is 1.65. The number of nitrogens with one attached hydrogen (secondary N) is 1. The molecule has 2 unspecified atom stereocenters. The maximum Gasteiger partial charge on any atom is 0.328 e. The third-order valence-corrected chi connectivity index (χ3v) is 3.47. The van der Waals surface area contributed by atoms with Gasteiger partial charge in [-0.1, -0.05) is 0 Å². The number of hydrogen-bond acceptors (Lipinski definition) is 4. The molecular formula is C11H19NO3. The molecular weight excluding hydrogens is 194 g/mol. The minimum Gasteiger partial charge on any atom is -0.468 e. The van der Waals surface area contributed by atoms with E-state index in [-0.39, 0.29) is 12.1 Å². The summed E-state index contributed by atoms with van der Waals surface area (Å²) in [4.78, 5) is 11.9. The minimum absolute atomic E-state index is 0.00486. The van der Waals surface area contributed by atoms with Crippen molar-refractivity contribution in [3.8, 4) is 0 Å². The Bertz CT molecular complexity index is 230. The maximum absolute atomic E-state index is 11.9. The van der Waals surface area contributed by atoms with Gasteiger partial charge in [-0.2, -0.15) is 0 Å². The summed E-state index contributed by atoms with van der Waals surface area (Å²) in [5.41, 5.74) is -0.566. The smallest absolute Gasteiger partial charge is 0.328 e. The van der Waals surface area contributed by atoms with Crippen LogP contribution < -0.4 is 5.32 Å². The molecule has 0 bridgehead atoms. The molecule has 0 aliphatic carbocycles. The number of esters is 1. The van der Waals surface area contributed by atoms with Gasteiger partial charge in [-0.25, -0.2) is 4.79 Å². The van der Waals surface area contributed by atoms with Crippen molar-refractivity contribution in [1.29, 1.82) is 0 Å². The molecule has 4 nitrogen and oxygen atoms in total. The standard InChI is InChI=1S/C11H19NO3/c1-14-10(13)11(6-2-3-7-12-11)9-5-4-8-15-9/h9,12H,2-8H2,1H3. The van der Waals surface area contributed by atoms with Crippen molar-refractivity contribution in [2.45, 2.75) is 43.7 Å². The highest BCUT2D eigenvalue weighted by Gasteiger charge is 2.49. The van der Waals surface area contributed by atoms with Crippen LogP contribution in [0.25, 0.3) is 0 Å². The zero-order valence-corrected chi connectivity index (χ0v) is 9.25. The van der Waals surface area contributed by atoms with Crippen molar-refractivity contribution in [3.05, 3.63) is 0 Å². The average molecular weight is 213 g/mol. The Morgan fingerprint density at radius 1 is 1.47 bits per heavy atom. The van der Waals surface area contributed by atoms with Crippen LogP contribution in [0.15, 0.2) is 0 Å². The van der Waals surface area contributed by atoms with E-state index in [1.54, 1.807) is 0 Å². The Morgan fingerprint density at radius 3 is 2.87 bits per heavy atom. The second-order valence-electron chi connectivity index (χ2n) is 4.35. The molecule has 2 rings (SSSR count). The normalized spacial score (nSPS) is 36.5. The topological polar surface area (TPSA) is 47.6 Å². The van der Waals surface area contributed by atoms with Crippen LogP contribution in [-0.4, -0.2) is 37.9 Å². The predicted molar refractivity (Wildman–Crippen MR) is 55.6 cm³/mol. The molecule has 2 atom stereocenters. The van der Waals surface area contributed by atoms with Gasteiger partial charge < -0.3 is 9.47 Å². The molecule has 0 spiro atoms. The van der Waals surface area contributed by atoms with E-state index >= 15 is 0 Å². The molecule has 2 heterocycles. The van der Waals surface area contributed by atoms with Gasteiger partial charge in [-0.3, -0.25) is 5.32 Å². The first-order chi connectivity index (χ1) is 7.29. The van der Waals surface area contributed by atoms with Crippen LogP contribution in [0.5, 0.6) is 0 Å². The molecule has 2 aliphatic rings. The van der Waals surface area contributed by atoms with Gasteiger partial charge in [-0.15, -0.1) is 0 Å². The summed E-state index contributed by atoms with van der Waals surface area (Å²) in [5.74, 6) is -0.158. The minimum atomic E-state index is -0.566. The van der Waals surface area contributed by atoms with Crippen molar-refractivity contribution >= 4 is 5.97 Å². The summed E-state index contributed by atoms with van der Waals surface area (Å²) in [6, 6.07) is 0. The second-order valence-corrected chi connectivity index (χ2v) is 4.35. The van der Waals surface area contributed by atoms with Crippen LogP contribution in [-0.2, 0) is 14.3 Å². The molecule has 4 heteroatoms. The number of carbonyl (C=O) groups is 1. The lowest BCUT2D eigenvalue weighted by Crippen LogP contribution is -2.62. The Kier molecular flexibility index (Phi) is 3.26. The van der Waals surface area contributed by atoms with Crippen LogP contribution in [0.4, 0.5) is 0 Å². The number of hydrogen-bond donors (Lipinski definition) is 1. The Balaban J connectivity index is 2.16. The van der Waals surface area contributed by atoms with Crippen LogP contribution in [0, 0.1) is 0 Å². The lowest BCUT2D eigenvalue weighted by molar-refractivity contribution is -0.156. The zero-order chi connectivity index (χ0) is 10.7. The highest BCUT2D eigenvalue weighted by Crippen LogP contribution is 2.32. The predicted octanol–water partition coefficient (Wildman–Crippen LogP) is 0.851. The largest absolute Gasteiger partial charge is 0.468 e. The van der Waals surface area contributed by atoms with Crippen molar-refractivity contribution < 1.29 is 14.3 Å². The van der Waals surface area contributed by atoms with Gasteiger partial charge in [0.15, 0.2) is 0 Å². The first-order valence-electron chi connectivity index (χ1n) is 5.74. The number of piperidine rings is 1. The SMILES string of the molecule is COC(=O)C1(C2CCCO2)CCCCN1. The fraction of sp³-hybridized carbons (Fsp3) is 0.909. The quantitative estimate of drug-likeness (QED) is 0.691. The number of carbonyl (C=O) groups excluding carboxylic acids is 1. The van der Waals surface area contributed by atoms with Crippen molar-refractivity contribution in [2.75, 3.05) is 20.3 Å². The van der Waals surface area contributed by atoms with E-state index in [0.717, 1.165) is 45.3 Å². The average Bonchev–Trinajstić information content (AvgIpc) is 2.83. The molecule has 0 radical (unpaired) electrons. The Labute approximate surface area is 90.3 Å². The number of ether oxygens (including phenoxy) is 2. The van der Waals surface area contributed by atoms with Crippen LogP contribution in [0.1, 0.15) is 32.1 Å². The lowest BCUT2D eigenvalue weighted by Gasteiger charge is -2.39. The fourth-order valence-corrected chi connectivity index (χ4v) is 2.66. The van der Waals surface area contributed by atoms with Crippen molar-refractivity contribution in [2.24, 2.45) is 0 Å². The van der Waals surface area contributed by atoms with E-state index in [2.05, 4.69) is 5.32 Å². The van der Waals surface area contributed by atoms with Gasteiger partial charge in [0.2, 0.25) is 0 Å². The van der Waals surface area contributed by atoms with Gasteiger partial charge >= 0.3 is 5.97 Å². The zero-order valence-electron chi connectivity index (χ0n) is 9.25. The highest BCUT2D eigenvalue weighted by atomic mass is 16.5. The van der Waals surface area contributed by atoms with Crippen molar-refractivity contribution in [3.63, 3.8) is 0 Å². The molecule has 0 aromatic rings. The number of rotatable bonds is 2. The van der Waals surface area contributed by atoms with E-state index in [1.807, 2.05) is 0 Å². The van der Waals surface area contributed by atoms with Gasteiger partial charge in [0.1, 0.15) is 5.54 Å². The Morgan fingerprint density at radius 2 is 2.33 bits per heavy atom. The van der Waals surface area contributed by atoms with Gasteiger partial charge in [0.05, 0.1) is 13.2 Å². The molecule has 2 saturated heterocycles. The Hall–Kier alpha value is -0.610. The summed E-state index contributed by atoms with van der Waals surface area (Å²) < 4.78 is 10.6. The van der Waals surface area contributed by atoms with Gasteiger partial charge in [-0.05, 0) is 38.6 Å². The van der Waals surface area contributed by atoms with Crippen molar-refractivity contribution in [1.82, 2.24) is 5.32 Å². The van der Waals surface area contributed by atoms with E-state index in [4.69, 9.17) is 9.47 Å². The molecule has 1 N–H and O–H groups in total. The molecule has 0 aromatic heterocycles. The molecule has 0 saturated carbocycles. The van der Waals surface area contributed by atoms with Crippen LogP contribution >= 0.6 is 0 Å². The third kappa shape index (κ3) is 1.88. The number of methoxy groups -OCH3 is 1. The summed E-state index contributed by atoms with van der Waals surface area (Å²) in [7, 11) is 1.45. The molecule has 86 valence electrons. The van der Waals surface area contributed by atoms with E-state index in [9.17, 15) is 4.79 Å². The second kappa shape index (κ2) is 4.49. The highest BCUT2D eigenvalue weighted by molar-refractivity contribution is 5.82. The third-order valence-electron chi connectivity index (χ3n) is 3.47. The molecule has 2 aliphatic heterocycles. The van der Waals surface area contributed by atoms with Crippen LogP contribution in [0.3, 0.4) is 0 Å². The summed E-state index contributed by atoms with van der Waals surface area (Å²) in [6.07, 6.45) is 5.05. The van der Waals surface area contributed by atoms with E-state index in [1.165, 1.54) is 7.11 Å². The molecule has 15 heavy (non-hydrogen) atoms. The molecule has 0 aromatic carbocycles. The fourth-order valence-electron chi connectivity index (χ4n) is 2.66. The van der Waals surface area contributed by atoms with Crippen LogP contribution in [0.2, 0.25) is 0 Å². The maximum atomic E-state index is 11.9. The van der Waals surface area contributed by atoms with Gasteiger partial charge in [0.25, 0.3) is 0 Å². The molecule has 2 fully saturated rings. The molecule has 0 amide bonds. The van der Waals surface area contributed by atoms with E-state index in [0.29, 0.717) is 0 Å². The summed E-state index contributed by atoms with van der Waals surface area (Å²) >= 11 is 0.